The molecule has 2 aromatic rings. The summed E-state index contributed by atoms with van der Waals surface area (Å²) in [5, 5.41) is 9.93. The average molecular weight is 603 g/mol. The van der Waals surface area contributed by atoms with Gasteiger partial charge in [0.2, 0.25) is 0 Å². The van der Waals surface area contributed by atoms with Crippen molar-refractivity contribution in [3.8, 4) is 5.75 Å². The Bertz CT molecular complexity index is 1150. The molecule has 0 heterocycles. The lowest BCUT2D eigenvalue weighted by Crippen LogP contribution is -2.45. The van der Waals surface area contributed by atoms with Crippen molar-refractivity contribution < 1.29 is 19.4 Å². The van der Waals surface area contributed by atoms with E-state index in [1.165, 1.54) is 42.4 Å². The highest BCUT2D eigenvalue weighted by atomic mass is 35.5. The fourth-order valence-electron chi connectivity index (χ4n) is 8.10. The molecule has 0 bridgehead atoms. The van der Waals surface area contributed by atoms with E-state index in [0.717, 1.165) is 44.5 Å². The quantitative estimate of drug-likeness (QED) is 0.146. The van der Waals surface area contributed by atoms with Crippen molar-refractivity contribution >= 4 is 34.9 Å². The number of halogens is 2. The van der Waals surface area contributed by atoms with Crippen LogP contribution in [-0.2, 0) is 27.1 Å². The molecular weight excluding hydrogens is 557 g/mol. The fourth-order valence-corrected chi connectivity index (χ4v) is 8.50. The van der Waals surface area contributed by atoms with E-state index in [0.29, 0.717) is 54.9 Å². The van der Waals surface area contributed by atoms with Crippen molar-refractivity contribution in [1.82, 2.24) is 0 Å². The van der Waals surface area contributed by atoms with Crippen LogP contribution >= 0.6 is 23.2 Å². The number of aryl methyl sites for hydroxylation is 2. The largest absolute Gasteiger partial charge is 0.508 e. The Labute approximate surface area is 255 Å². The molecule has 0 amide bonds. The van der Waals surface area contributed by atoms with E-state index in [1.807, 2.05) is 12.1 Å². The van der Waals surface area contributed by atoms with Crippen LogP contribution in [-0.4, -0.2) is 55.2 Å². The summed E-state index contributed by atoms with van der Waals surface area (Å²) in [6.45, 7) is 4.77. The number of carbonyl (C=O) groups is 1. The Morgan fingerprint density at radius 1 is 1.02 bits per heavy atom. The number of anilines is 1. The summed E-state index contributed by atoms with van der Waals surface area (Å²) in [5.41, 5.74) is 5.33. The van der Waals surface area contributed by atoms with Gasteiger partial charge in [-0.25, -0.2) is 0 Å². The predicted molar refractivity (Wildman–Crippen MR) is 166 cm³/mol. The molecule has 0 saturated heterocycles. The van der Waals surface area contributed by atoms with Gasteiger partial charge in [-0.2, -0.15) is 0 Å². The number of phenolic OH excluding ortho intramolecular Hbond substituents is 1. The number of rotatable bonds is 13. The van der Waals surface area contributed by atoms with Gasteiger partial charge in [0.05, 0.1) is 12.7 Å². The molecule has 1 N–H and O–H groups in total. The highest BCUT2D eigenvalue weighted by Gasteiger charge is 2.55. The molecule has 2 saturated carbocycles. The number of alkyl halides is 2. The number of aromatic hydroxyl groups is 1. The molecule has 3 aliphatic carbocycles. The zero-order valence-corrected chi connectivity index (χ0v) is 25.8. The van der Waals surface area contributed by atoms with Crippen molar-refractivity contribution in [2.24, 2.45) is 17.3 Å². The summed E-state index contributed by atoms with van der Waals surface area (Å²) in [6.07, 6.45) is 9.19. The predicted octanol–water partition coefficient (Wildman–Crippen LogP) is 7.48. The maximum absolute atomic E-state index is 12.4. The summed E-state index contributed by atoms with van der Waals surface area (Å²) in [5.74, 6) is 3.35. The zero-order chi connectivity index (χ0) is 28.8. The van der Waals surface area contributed by atoms with Crippen molar-refractivity contribution in [2.45, 2.75) is 76.7 Å². The molecule has 0 spiro atoms. The standard InChI is InChI=1S/C34H45Cl2NO4/c1-34-16-15-29-28-12-10-27(38)23-25(28)7-11-30(29)31(34)13-14-32(34)40-21-22-41-33(39)4-2-3-24-5-8-26(9-6-24)37(19-17-35)20-18-36/h5-6,8-10,12,23,29-32,38H,2-4,7,11,13-22H2,1H3/t29-,30-,31+,32+,34+/m1/s1. The molecule has 224 valence electrons. The van der Waals surface area contributed by atoms with Crippen molar-refractivity contribution in [3.63, 3.8) is 0 Å². The minimum absolute atomic E-state index is 0.149. The lowest BCUT2D eigenvalue weighted by atomic mass is 9.55. The number of hydrogen-bond acceptors (Lipinski definition) is 5. The molecule has 0 radical (unpaired) electrons. The third-order valence-corrected chi connectivity index (χ3v) is 10.5. The smallest absolute Gasteiger partial charge is 0.305 e. The Morgan fingerprint density at radius 2 is 1.80 bits per heavy atom. The van der Waals surface area contributed by atoms with Crippen LogP contribution in [0.4, 0.5) is 5.69 Å². The van der Waals surface area contributed by atoms with Gasteiger partial charge >= 0.3 is 5.97 Å². The van der Waals surface area contributed by atoms with Crippen molar-refractivity contribution in [3.05, 3.63) is 59.2 Å². The van der Waals surface area contributed by atoms with Gasteiger partial charge in [-0.05, 0) is 115 Å². The van der Waals surface area contributed by atoms with Gasteiger partial charge in [0.1, 0.15) is 12.4 Å². The van der Waals surface area contributed by atoms with E-state index in [4.69, 9.17) is 32.7 Å². The monoisotopic (exact) mass is 601 g/mol. The molecule has 5 nitrogen and oxygen atoms in total. The molecule has 3 aliphatic rings. The molecule has 0 aromatic heterocycles. The van der Waals surface area contributed by atoms with Crippen LogP contribution < -0.4 is 4.90 Å². The maximum Gasteiger partial charge on any atom is 0.305 e. The van der Waals surface area contributed by atoms with Crippen LogP contribution in [0.2, 0.25) is 0 Å². The number of hydrogen-bond donors (Lipinski definition) is 1. The summed E-state index contributed by atoms with van der Waals surface area (Å²) in [7, 11) is 0. The van der Waals surface area contributed by atoms with E-state index in [2.05, 4.69) is 42.2 Å². The van der Waals surface area contributed by atoms with E-state index in [1.54, 1.807) is 0 Å². The lowest BCUT2D eigenvalue weighted by molar-refractivity contribution is -0.147. The van der Waals surface area contributed by atoms with Crippen LogP contribution in [0.3, 0.4) is 0 Å². The Morgan fingerprint density at radius 3 is 2.56 bits per heavy atom. The van der Waals surface area contributed by atoms with Gasteiger partial charge in [-0.3, -0.25) is 4.79 Å². The number of fused-ring (bicyclic) bond motifs is 5. The van der Waals surface area contributed by atoms with Crippen molar-refractivity contribution in [2.75, 3.05) is 43.0 Å². The van der Waals surface area contributed by atoms with Crippen LogP contribution in [0.1, 0.15) is 74.5 Å². The summed E-state index contributed by atoms with van der Waals surface area (Å²) in [4.78, 5) is 14.5. The Hall–Kier alpha value is -1.95. The molecular formula is C34H45Cl2NO4. The second-order valence-corrected chi connectivity index (χ2v) is 13.1. The molecule has 5 atom stereocenters. The first-order valence-electron chi connectivity index (χ1n) is 15.5. The first kappa shape index (κ1) is 30.5. The van der Waals surface area contributed by atoms with E-state index < -0.39 is 0 Å². The topological polar surface area (TPSA) is 59.0 Å². The highest BCUT2D eigenvalue weighted by Crippen LogP contribution is 2.61. The number of phenols is 1. The third kappa shape index (κ3) is 7.00. The van der Waals surface area contributed by atoms with Crippen LogP contribution in [0.5, 0.6) is 5.75 Å². The summed E-state index contributed by atoms with van der Waals surface area (Å²) < 4.78 is 11.9. The van der Waals surface area contributed by atoms with Gasteiger partial charge in [-0.1, -0.05) is 25.1 Å². The minimum atomic E-state index is -0.149. The van der Waals surface area contributed by atoms with Crippen LogP contribution in [0, 0.1) is 17.3 Å². The van der Waals surface area contributed by atoms with E-state index in [-0.39, 0.29) is 17.5 Å². The lowest BCUT2D eigenvalue weighted by Gasteiger charge is -2.50. The third-order valence-electron chi connectivity index (χ3n) is 10.1. The Kier molecular flexibility index (Phi) is 10.4. The van der Waals surface area contributed by atoms with Gasteiger partial charge in [0.15, 0.2) is 0 Å². The van der Waals surface area contributed by atoms with E-state index in [9.17, 15) is 9.90 Å². The average Bonchev–Trinajstić information content (AvgIpc) is 3.31. The fraction of sp³-hybridized carbons (Fsp3) is 0.618. The number of carbonyl (C=O) groups excluding carboxylic acids is 1. The summed E-state index contributed by atoms with van der Waals surface area (Å²) >= 11 is 11.8. The number of ether oxygens (including phenoxy) is 2. The number of benzene rings is 2. The van der Waals surface area contributed by atoms with Gasteiger partial charge in [-0.15, -0.1) is 23.2 Å². The zero-order valence-electron chi connectivity index (χ0n) is 24.3. The molecule has 7 heteroatoms. The highest BCUT2D eigenvalue weighted by molar-refractivity contribution is 6.18. The number of esters is 1. The normalized spacial score (nSPS) is 26.6. The molecule has 2 aromatic carbocycles. The molecule has 41 heavy (non-hydrogen) atoms. The molecule has 0 aliphatic heterocycles. The first-order chi connectivity index (χ1) is 19.9. The van der Waals surface area contributed by atoms with Crippen LogP contribution in [0.15, 0.2) is 42.5 Å². The molecule has 2 fully saturated rings. The second kappa shape index (κ2) is 14.0. The second-order valence-electron chi connectivity index (χ2n) is 12.4. The molecule has 5 rings (SSSR count). The first-order valence-corrected chi connectivity index (χ1v) is 16.5. The van der Waals surface area contributed by atoms with Gasteiger partial charge in [0, 0.05) is 37.0 Å². The van der Waals surface area contributed by atoms with Crippen LogP contribution in [0.25, 0.3) is 0 Å². The van der Waals surface area contributed by atoms with E-state index >= 15 is 0 Å². The SMILES string of the molecule is C[C@]12CC[C@@H]3c4ccc(O)cc4CC[C@H]3[C@@H]1CC[C@@H]2OCCOC(=O)CCCc1ccc(N(CCCl)CCCl)cc1. The minimum Gasteiger partial charge on any atom is -0.508 e. The Balaban J connectivity index is 1.02. The van der Waals surface area contributed by atoms with Gasteiger partial charge < -0.3 is 19.5 Å². The number of nitrogens with zero attached hydrogens (tertiary/aromatic N) is 1. The summed E-state index contributed by atoms with van der Waals surface area (Å²) in [6, 6.07) is 14.4. The molecule has 0 unspecified atom stereocenters. The maximum atomic E-state index is 12.4. The van der Waals surface area contributed by atoms with Crippen molar-refractivity contribution in [1.29, 1.82) is 0 Å². The van der Waals surface area contributed by atoms with Gasteiger partial charge in [0.25, 0.3) is 0 Å².